The minimum Gasteiger partial charge on any atom is -0.478 e. The Balaban J connectivity index is 2.48. The molecule has 0 spiro atoms. The Hall–Kier alpha value is -2.36. The van der Waals surface area contributed by atoms with Crippen molar-refractivity contribution < 1.29 is 18.7 Å². The van der Waals surface area contributed by atoms with Crippen LogP contribution in [-0.2, 0) is 0 Å². The van der Waals surface area contributed by atoms with Crippen LogP contribution in [0.15, 0.2) is 40.8 Å². The molecular weight excluding hydrogens is 223 g/mol. The number of fused-ring (bicyclic) bond motifs is 3. The van der Waals surface area contributed by atoms with Crippen molar-refractivity contribution in [3.63, 3.8) is 0 Å². The topological polar surface area (TPSA) is 50.4 Å². The monoisotopic (exact) mass is 230 g/mol. The van der Waals surface area contributed by atoms with Crippen molar-refractivity contribution >= 4 is 27.9 Å². The molecule has 0 saturated carbocycles. The molecule has 0 fully saturated rings. The lowest BCUT2D eigenvalue weighted by atomic mass is 10.1. The Morgan fingerprint density at radius 2 is 2.00 bits per heavy atom. The van der Waals surface area contributed by atoms with Crippen molar-refractivity contribution in [1.29, 1.82) is 0 Å². The van der Waals surface area contributed by atoms with Crippen molar-refractivity contribution in [2.24, 2.45) is 0 Å². The number of aromatic carboxylic acids is 1. The molecule has 3 nitrogen and oxygen atoms in total. The number of halogens is 1. The van der Waals surface area contributed by atoms with Gasteiger partial charge in [-0.05, 0) is 30.3 Å². The number of rotatable bonds is 1. The van der Waals surface area contributed by atoms with Gasteiger partial charge in [0, 0.05) is 5.39 Å². The van der Waals surface area contributed by atoms with Gasteiger partial charge >= 0.3 is 5.97 Å². The minimum absolute atomic E-state index is 0.114. The van der Waals surface area contributed by atoms with E-state index in [1.807, 2.05) is 0 Å². The first-order valence-electron chi connectivity index (χ1n) is 5.01. The molecule has 0 aliphatic heterocycles. The van der Waals surface area contributed by atoms with Crippen molar-refractivity contribution in [3.8, 4) is 0 Å². The summed E-state index contributed by atoms with van der Waals surface area (Å²) < 4.78 is 19.1. The molecule has 1 aromatic heterocycles. The van der Waals surface area contributed by atoms with Gasteiger partial charge < -0.3 is 9.52 Å². The van der Waals surface area contributed by atoms with Crippen LogP contribution in [0.25, 0.3) is 21.9 Å². The van der Waals surface area contributed by atoms with Crippen LogP contribution in [-0.4, -0.2) is 11.1 Å². The average molecular weight is 230 g/mol. The number of furan rings is 1. The third-order valence-electron chi connectivity index (χ3n) is 2.69. The standard InChI is InChI=1S/C13H7FO3/c14-9-2-1-3-11-12(9)8-6-7(13(15)16)4-5-10(8)17-11/h1-6H,(H,15,16). The zero-order chi connectivity index (χ0) is 12.0. The molecule has 3 rings (SSSR count). The molecule has 0 amide bonds. The molecule has 84 valence electrons. The van der Waals surface area contributed by atoms with Crippen LogP contribution in [0.3, 0.4) is 0 Å². The van der Waals surface area contributed by atoms with Gasteiger partial charge in [-0.25, -0.2) is 9.18 Å². The van der Waals surface area contributed by atoms with E-state index >= 15 is 0 Å². The first-order chi connectivity index (χ1) is 8.16. The van der Waals surface area contributed by atoms with Crippen LogP contribution in [0.1, 0.15) is 10.4 Å². The van der Waals surface area contributed by atoms with Crippen molar-refractivity contribution in [1.82, 2.24) is 0 Å². The smallest absolute Gasteiger partial charge is 0.335 e. The number of hydrogen-bond donors (Lipinski definition) is 1. The van der Waals surface area contributed by atoms with Gasteiger partial charge in [0.25, 0.3) is 0 Å². The van der Waals surface area contributed by atoms with Gasteiger partial charge in [-0.15, -0.1) is 0 Å². The van der Waals surface area contributed by atoms with Gasteiger partial charge in [0.2, 0.25) is 0 Å². The summed E-state index contributed by atoms with van der Waals surface area (Å²) in [5, 5.41) is 9.71. The molecule has 4 heteroatoms. The Morgan fingerprint density at radius 1 is 1.18 bits per heavy atom. The third kappa shape index (κ3) is 1.38. The fourth-order valence-corrected chi connectivity index (χ4v) is 1.92. The molecule has 0 radical (unpaired) electrons. The van der Waals surface area contributed by atoms with Crippen LogP contribution >= 0.6 is 0 Å². The summed E-state index contributed by atoms with van der Waals surface area (Å²) >= 11 is 0. The predicted octanol–water partition coefficient (Wildman–Crippen LogP) is 3.42. The molecule has 0 saturated heterocycles. The van der Waals surface area contributed by atoms with E-state index in [9.17, 15) is 9.18 Å². The van der Waals surface area contributed by atoms with E-state index < -0.39 is 11.8 Å². The van der Waals surface area contributed by atoms with E-state index in [0.717, 1.165) is 0 Å². The minimum atomic E-state index is -1.04. The van der Waals surface area contributed by atoms with Crippen LogP contribution < -0.4 is 0 Å². The highest BCUT2D eigenvalue weighted by atomic mass is 19.1. The van der Waals surface area contributed by atoms with E-state index in [2.05, 4.69) is 0 Å². The van der Waals surface area contributed by atoms with Crippen molar-refractivity contribution in [2.75, 3.05) is 0 Å². The highest BCUT2D eigenvalue weighted by molar-refractivity contribution is 6.07. The lowest BCUT2D eigenvalue weighted by molar-refractivity contribution is 0.0697. The van der Waals surface area contributed by atoms with Gasteiger partial charge in [0.15, 0.2) is 0 Å². The normalized spacial score (nSPS) is 11.1. The van der Waals surface area contributed by atoms with E-state index in [-0.39, 0.29) is 5.56 Å². The summed E-state index contributed by atoms with van der Waals surface area (Å²) in [5.74, 6) is -1.46. The van der Waals surface area contributed by atoms with E-state index in [4.69, 9.17) is 9.52 Å². The van der Waals surface area contributed by atoms with Crippen LogP contribution in [0.2, 0.25) is 0 Å². The summed E-state index contributed by atoms with van der Waals surface area (Å²) in [6, 6.07) is 8.93. The molecular formula is C13H7FO3. The number of benzene rings is 2. The molecule has 0 aliphatic rings. The average Bonchev–Trinajstić information content (AvgIpc) is 2.67. The molecule has 17 heavy (non-hydrogen) atoms. The Labute approximate surface area is 95.1 Å². The molecule has 1 heterocycles. The Kier molecular flexibility index (Phi) is 1.92. The molecule has 0 aliphatic carbocycles. The van der Waals surface area contributed by atoms with E-state index in [1.54, 1.807) is 12.1 Å². The number of carboxylic acid groups (broad SMARTS) is 1. The molecule has 2 aromatic carbocycles. The van der Waals surface area contributed by atoms with Crippen LogP contribution in [0, 0.1) is 5.82 Å². The van der Waals surface area contributed by atoms with Gasteiger partial charge in [0.1, 0.15) is 17.0 Å². The number of carbonyl (C=O) groups is 1. The first kappa shape index (κ1) is 9.84. The molecule has 0 unspecified atom stereocenters. The van der Waals surface area contributed by atoms with Gasteiger partial charge in [0.05, 0.1) is 10.9 Å². The third-order valence-corrected chi connectivity index (χ3v) is 2.69. The second-order valence-corrected chi connectivity index (χ2v) is 3.73. The molecule has 1 N–H and O–H groups in total. The highest BCUT2D eigenvalue weighted by Crippen LogP contribution is 2.31. The summed E-state index contributed by atoms with van der Waals surface area (Å²) in [5.41, 5.74) is 1.01. The van der Waals surface area contributed by atoms with Crippen molar-refractivity contribution in [3.05, 3.63) is 47.8 Å². The second-order valence-electron chi connectivity index (χ2n) is 3.73. The molecule has 3 aromatic rings. The zero-order valence-electron chi connectivity index (χ0n) is 8.61. The van der Waals surface area contributed by atoms with E-state index in [1.165, 1.54) is 24.3 Å². The Bertz CT molecular complexity index is 743. The molecule has 0 bridgehead atoms. The van der Waals surface area contributed by atoms with Crippen molar-refractivity contribution in [2.45, 2.75) is 0 Å². The Morgan fingerprint density at radius 3 is 2.76 bits per heavy atom. The summed E-state index contributed by atoms with van der Waals surface area (Å²) in [4.78, 5) is 10.9. The number of hydrogen-bond acceptors (Lipinski definition) is 2. The second kappa shape index (κ2) is 3.31. The number of carboxylic acids is 1. The van der Waals surface area contributed by atoms with Gasteiger partial charge in [-0.3, -0.25) is 0 Å². The zero-order valence-corrected chi connectivity index (χ0v) is 8.61. The summed E-state index contributed by atoms with van der Waals surface area (Å²) in [6.45, 7) is 0. The maximum atomic E-state index is 13.7. The maximum absolute atomic E-state index is 13.7. The lowest BCUT2D eigenvalue weighted by Gasteiger charge is -1.94. The summed E-state index contributed by atoms with van der Waals surface area (Å²) in [7, 11) is 0. The fraction of sp³-hybridized carbons (Fsp3) is 0. The molecule has 0 atom stereocenters. The van der Waals surface area contributed by atoms with Crippen LogP contribution in [0.4, 0.5) is 4.39 Å². The van der Waals surface area contributed by atoms with E-state index in [0.29, 0.717) is 21.9 Å². The summed E-state index contributed by atoms with van der Waals surface area (Å²) in [6.07, 6.45) is 0. The lowest BCUT2D eigenvalue weighted by Crippen LogP contribution is -1.94. The van der Waals surface area contributed by atoms with Gasteiger partial charge in [-0.1, -0.05) is 6.07 Å². The first-order valence-corrected chi connectivity index (χ1v) is 5.01. The quantitative estimate of drug-likeness (QED) is 0.696. The maximum Gasteiger partial charge on any atom is 0.335 e. The van der Waals surface area contributed by atoms with Gasteiger partial charge in [-0.2, -0.15) is 0 Å². The largest absolute Gasteiger partial charge is 0.478 e. The fourth-order valence-electron chi connectivity index (χ4n) is 1.92. The SMILES string of the molecule is O=C(O)c1ccc2oc3cccc(F)c3c2c1. The highest BCUT2D eigenvalue weighted by Gasteiger charge is 2.13. The van der Waals surface area contributed by atoms with Crippen LogP contribution in [0.5, 0.6) is 0 Å². The predicted molar refractivity (Wildman–Crippen MR) is 60.6 cm³/mol.